The number of fused-ring (bicyclic) bond motifs is 2. The number of nitrogens with one attached hydrogen (secondary N) is 1. The molecule has 2 aliphatic heterocycles. The summed E-state index contributed by atoms with van der Waals surface area (Å²) in [6, 6.07) is 18.9. The summed E-state index contributed by atoms with van der Waals surface area (Å²) in [5.41, 5.74) is 3.16. The van der Waals surface area contributed by atoms with Crippen molar-refractivity contribution in [2.24, 2.45) is 5.92 Å². The number of thiazole rings is 1. The molecular weight excluding hydrogens is 591 g/mol. The van der Waals surface area contributed by atoms with Crippen molar-refractivity contribution < 1.29 is 18.7 Å². The van der Waals surface area contributed by atoms with Crippen LogP contribution in [0.2, 0.25) is 0 Å². The van der Waals surface area contributed by atoms with Gasteiger partial charge in [0.2, 0.25) is 11.8 Å². The minimum atomic E-state index is -0.771. The lowest BCUT2D eigenvalue weighted by Gasteiger charge is -2.31. The van der Waals surface area contributed by atoms with E-state index in [1.54, 1.807) is 0 Å². The van der Waals surface area contributed by atoms with Crippen molar-refractivity contribution in [1.82, 2.24) is 4.98 Å². The number of carbonyl (C=O) groups excluding carboxylic acids is 2. The highest BCUT2D eigenvalue weighted by atomic mass is 79.9. The summed E-state index contributed by atoms with van der Waals surface area (Å²) in [5, 5.41) is -0.169. The fourth-order valence-electron chi connectivity index (χ4n) is 4.94. The van der Waals surface area contributed by atoms with Crippen LogP contribution in [0.3, 0.4) is 0 Å². The molecule has 0 aliphatic carbocycles. The van der Waals surface area contributed by atoms with Gasteiger partial charge < -0.3 is 9.72 Å². The van der Waals surface area contributed by atoms with E-state index in [0.717, 1.165) is 31.8 Å². The predicted octanol–water partition coefficient (Wildman–Crippen LogP) is 6.02. The zero-order chi connectivity index (χ0) is 26.6. The smallest absolute Gasteiger partial charge is 0.305 e. The number of ether oxygens (including phenoxy) is 1. The van der Waals surface area contributed by atoms with Gasteiger partial charge in [0, 0.05) is 20.8 Å². The first kappa shape index (κ1) is 25.1. The molecule has 2 unspecified atom stereocenters. The number of imide groups is 1. The number of halogens is 2. The van der Waals surface area contributed by atoms with Gasteiger partial charge in [0.15, 0.2) is 0 Å². The Morgan fingerprint density at radius 1 is 1.00 bits per heavy atom. The molecule has 10 heteroatoms. The standard InChI is InChI=1S/C28H20BrFN2O4S2/c1-14-2-4-15(5-3-14)13-36-20-11-6-16(29)12-19(20)21-22-24(37-25-23(21)38-28(35)31-25)27(34)32(26(22)33)18-9-7-17(30)8-10-18/h2-12,21-22,24H,13H2,1H3,(H,31,35)/t21-,22?,24?/m1/s1. The first-order chi connectivity index (χ1) is 18.3. The maximum Gasteiger partial charge on any atom is 0.305 e. The third-order valence-electron chi connectivity index (χ3n) is 6.73. The number of anilines is 1. The first-order valence-corrected chi connectivity index (χ1v) is 14.3. The summed E-state index contributed by atoms with van der Waals surface area (Å²) in [6.45, 7) is 2.33. The van der Waals surface area contributed by atoms with E-state index in [1.165, 1.54) is 36.0 Å². The van der Waals surface area contributed by atoms with E-state index in [9.17, 15) is 18.8 Å². The second kappa shape index (κ2) is 9.83. The van der Waals surface area contributed by atoms with Crippen molar-refractivity contribution in [3.05, 3.63) is 108 Å². The summed E-state index contributed by atoms with van der Waals surface area (Å²) in [7, 11) is 0. The topological polar surface area (TPSA) is 79.5 Å². The van der Waals surface area contributed by atoms with E-state index >= 15 is 0 Å². The average molecular weight is 612 g/mol. The molecule has 0 bridgehead atoms. The van der Waals surface area contributed by atoms with E-state index in [-0.39, 0.29) is 10.8 Å². The lowest BCUT2D eigenvalue weighted by Crippen LogP contribution is -2.32. The van der Waals surface area contributed by atoms with Gasteiger partial charge in [-0.1, -0.05) is 68.9 Å². The van der Waals surface area contributed by atoms with Crippen molar-refractivity contribution in [2.45, 2.75) is 29.7 Å². The molecule has 2 amide bonds. The summed E-state index contributed by atoms with van der Waals surface area (Å²) in [6.07, 6.45) is 0. The molecule has 1 fully saturated rings. The fraction of sp³-hybridized carbons (Fsp3) is 0.179. The monoisotopic (exact) mass is 610 g/mol. The van der Waals surface area contributed by atoms with Crippen LogP contribution in [0.1, 0.15) is 27.5 Å². The summed E-state index contributed by atoms with van der Waals surface area (Å²) in [4.78, 5) is 44.3. The lowest BCUT2D eigenvalue weighted by molar-refractivity contribution is -0.122. The van der Waals surface area contributed by atoms with E-state index in [1.807, 2.05) is 49.4 Å². The second-order valence-electron chi connectivity index (χ2n) is 9.19. The van der Waals surface area contributed by atoms with Crippen LogP contribution in [0.4, 0.5) is 10.1 Å². The van der Waals surface area contributed by atoms with Crippen molar-refractivity contribution in [2.75, 3.05) is 4.90 Å². The van der Waals surface area contributed by atoms with Crippen LogP contribution >= 0.6 is 39.0 Å². The quantitative estimate of drug-likeness (QED) is 0.279. The third-order valence-corrected chi connectivity index (χ3v) is 9.62. The number of rotatable bonds is 5. The Kier molecular flexibility index (Phi) is 6.49. The van der Waals surface area contributed by atoms with Crippen LogP contribution in [0.15, 0.2) is 81.0 Å². The Labute approximate surface area is 234 Å². The van der Waals surface area contributed by atoms with Gasteiger partial charge in [-0.2, -0.15) is 0 Å². The minimum Gasteiger partial charge on any atom is -0.489 e. The summed E-state index contributed by atoms with van der Waals surface area (Å²) in [5.74, 6) is -2.03. The van der Waals surface area contributed by atoms with Gasteiger partial charge in [0.05, 0.1) is 16.6 Å². The Hall–Kier alpha value is -3.21. The van der Waals surface area contributed by atoms with Gasteiger partial charge in [0.25, 0.3) is 0 Å². The number of hydrogen-bond acceptors (Lipinski definition) is 6. The number of hydrogen-bond donors (Lipinski definition) is 1. The van der Waals surface area contributed by atoms with Crippen LogP contribution in [-0.4, -0.2) is 22.0 Å². The molecule has 38 heavy (non-hydrogen) atoms. The molecule has 0 spiro atoms. The number of aromatic nitrogens is 1. The summed E-state index contributed by atoms with van der Waals surface area (Å²) >= 11 is 5.78. The maximum atomic E-state index is 13.9. The van der Waals surface area contributed by atoms with Crippen molar-refractivity contribution >= 4 is 56.5 Å². The highest BCUT2D eigenvalue weighted by Gasteiger charge is 2.56. The van der Waals surface area contributed by atoms with Crippen LogP contribution in [0.25, 0.3) is 0 Å². The van der Waals surface area contributed by atoms with E-state index in [0.29, 0.717) is 33.5 Å². The van der Waals surface area contributed by atoms with Gasteiger partial charge in [0.1, 0.15) is 23.4 Å². The first-order valence-electron chi connectivity index (χ1n) is 11.8. The fourth-order valence-corrected chi connectivity index (χ4v) is 7.82. The molecule has 3 atom stereocenters. The zero-order valence-corrected chi connectivity index (χ0v) is 23.2. The van der Waals surface area contributed by atoms with Crippen molar-refractivity contribution in [3.8, 4) is 5.75 Å². The van der Waals surface area contributed by atoms with Crippen LogP contribution in [0.5, 0.6) is 5.75 Å². The molecule has 1 N–H and O–H groups in total. The number of nitrogens with zero attached hydrogens (tertiary/aromatic N) is 1. The van der Waals surface area contributed by atoms with Crippen molar-refractivity contribution in [3.63, 3.8) is 0 Å². The molecule has 3 heterocycles. The number of aromatic amines is 1. The Balaban J connectivity index is 1.44. The molecule has 3 aromatic carbocycles. The van der Waals surface area contributed by atoms with Crippen LogP contribution in [0, 0.1) is 18.7 Å². The van der Waals surface area contributed by atoms with Gasteiger partial charge in [-0.05, 0) is 55.0 Å². The number of amides is 2. The minimum absolute atomic E-state index is 0.250. The Morgan fingerprint density at radius 3 is 2.47 bits per heavy atom. The van der Waals surface area contributed by atoms with Gasteiger partial charge in [-0.15, -0.1) is 0 Å². The van der Waals surface area contributed by atoms with Crippen LogP contribution < -0.4 is 14.5 Å². The van der Waals surface area contributed by atoms with E-state index in [4.69, 9.17) is 4.74 Å². The SMILES string of the molecule is Cc1ccc(COc2ccc(Br)cc2[C@H]2c3sc(=O)[nH]c3SC3C(=O)N(c4ccc(F)cc4)C(=O)C32)cc1. The number of carbonyl (C=O) groups is 2. The molecule has 1 saturated heterocycles. The summed E-state index contributed by atoms with van der Waals surface area (Å²) < 4.78 is 20.6. The molecule has 6 rings (SSSR count). The molecule has 0 radical (unpaired) electrons. The number of thioether (sulfide) groups is 1. The number of H-pyrrole nitrogens is 1. The molecule has 4 aromatic rings. The van der Waals surface area contributed by atoms with Gasteiger partial charge in [-0.25, -0.2) is 9.29 Å². The molecule has 1 aromatic heterocycles. The Morgan fingerprint density at radius 2 is 1.74 bits per heavy atom. The van der Waals surface area contributed by atoms with E-state index < -0.39 is 28.8 Å². The number of benzene rings is 3. The Bertz CT molecular complexity index is 1620. The van der Waals surface area contributed by atoms with Crippen molar-refractivity contribution in [1.29, 1.82) is 0 Å². The van der Waals surface area contributed by atoms with E-state index in [2.05, 4.69) is 20.9 Å². The van der Waals surface area contributed by atoms with Gasteiger partial charge >= 0.3 is 4.87 Å². The average Bonchev–Trinajstić information content (AvgIpc) is 3.39. The normalized spacial score (nSPS) is 20.4. The highest BCUT2D eigenvalue weighted by Crippen LogP contribution is 2.54. The highest BCUT2D eigenvalue weighted by molar-refractivity contribution is 9.10. The zero-order valence-electron chi connectivity index (χ0n) is 19.9. The predicted molar refractivity (Wildman–Crippen MR) is 148 cm³/mol. The molecule has 2 aliphatic rings. The molecule has 6 nitrogen and oxygen atoms in total. The largest absolute Gasteiger partial charge is 0.489 e. The third kappa shape index (κ3) is 4.40. The molecular formula is C28H20BrFN2O4S2. The van der Waals surface area contributed by atoms with Crippen LogP contribution in [-0.2, 0) is 16.2 Å². The number of aryl methyl sites for hydroxylation is 1. The second-order valence-corrected chi connectivity index (χ2v) is 12.3. The molecule has 192 valence electrons. The lowest BCUT2D eigenvalue weighted by atomic mass is 9.82. The van der Waals surface area contributed by atoms with Gasteiger partial charge in [-0.3, -0.25) is 14.4 Å². The maximum absolute atomic E-state index is 13.9. The molecule has 0 saturated carbocycles.